The number of anilines is 1. The first-order chi connectivity index (χ1) is 11.6. The molecule has 0 aliphatic carbocycles. The molecule has 8 nitrogen and oxygen atoms in total. The number of hydrogen-bond donors (Lipinski definition) is 1. The normalized spacial score (nSPS) is 15.7. The van der Waals surface area contributed by atoms with Crippen molar-refractivity contribution in [1.29, 1.82) is 5.26 Å². The minimum absolute atomic E-state index is 0.0837. The molecule has 1 saturated heterocycles. The average molecular weight is 406 g/mol. The van der Waals surface area contributed by atoms with E-state index in [0.717, 1.165) is 27.2 Å². The van der Waals surface area contributed by atoms with Crippen LogP contribution in [-0.2, 0) is 4.79 Å². The Labute approximate surface area is 149 Å². The van der Waals surface area contributed by atoms with Crippen molar-refractivity contribution in [1.82, 2.24) is 19.9 Å². The molecule has 0 amide bonds. The number of carboxylic acid groups (broad SMARTS) is 1. The predicted octanol–water partition coefficient (Wildman–Crippen LogP) is -1.60. The standard InChI is InChI=1S/C14H15AsN6O2S/c16-6-10-7-17-14(24-10)15-11-5-12(19-9-18-11)21-3-1-20(2-4-21)8-13(22)23/h5,7,9,15H,1-4,8H2,(H,22,23). The van der Waals surface area contributed by atoms with Crippen LogP contribution in [0.3, 0.4) is 0 Å². The molecular weight excluding hydrogens is 391 g/mol. The van der Waals surface area contributed by atoms with Gasteiger partial charge in [0.15, 0.2) is 0 Å². The number of nitriles is 1. The molecule has 1 aliphatic heterocycles. The van der Waals surface area contributed by atoms with Crippen molar-refractivity contribution in [3.8, 4) is 6.07 Å². The van der Waals surface area contributed by atoms with Gasteiger partial charge in [0.05, 0.1) is 0 Å². The van der Waals surface area contributed by atoms with Crippen LogP contribution >= 0.6 is 11.3 Å². The molecule has 3 heterocycles. The van der Waals surface area contributed by atoms with Crippen molar-refractivity contribution in [3.05, 3.63) is 23.5 Å². The number of aromatic nitrogens is 3. The number of aliphatic carboxylic acids is 1. The summed E-state index contributed by atoms with van der Waals surface area (Å²) < 4.78 is 1.95. The fourth-order valence-corrected chi connectivity index (χ4v) is 5.89. The van der Waals surface area contributed by atoms with Crippen LogP contribution in [0.1, 0.15) is 4.88 Å². The zero-order chi connectivity index (χ0) is 16.9. The third-order valence-electron chi connectivity index (χ3n) is 3.56. The van der Waals surface area contributed by atoms with Crippen LogP contribution in [0, 0.1) is 11.3 Å². The van der Waals surface area contributed by atoms with Gasteiger partial charge in [-0.15, -0.1) is 0 Å². The molecule has 0 bridgehead atoms. The Bertz CT molecular complexity index is 769. The summed E-state index contributed by atoms with van der Waals surface area (Å²) in [6, 6.07) is 4.09. The summed E-state index contributed by atoms with van der Waals surface area (Å²) in [5.74, 6) is 0.0779. The van der Waals surface area contributed by atoms with Gasteiger partial charge >= 0.3 is 149 Å². The molecule has 24 heavy (non-hydrogen) atoms. The van der Waals surface area contributed by atoms with Crippen molar-refractivity contribution in [2.45, 2.75) is 0 Å². The number of carbonyl (C=O) groups is 1. The van der Waals surface area contributed by atoms with Gasteiger partial charge in [-0.25, -0.2) is 0 Å². The Hall–Kier alpha value is -2.01. The van der Waals surface area contributed by atoms with Crippen LogP contribution in [0.15, 0.2) is 18.6 Å². The van der Waals surface area contributed by atoms with Crippen molar-refractivity contribution < 1.29 is 9.90 Å². The van der Waals surface area contributed by atoms with Gasteiger partial charge in [0.1, 0.15) is 0 Å². The number of thiazole rings is 1. The second-order valence-corrected chi connectivity index (χ2v) is 9.57. The van der Waals surface area contributed by atoms with Gasteiger partial charge in [-0.05, 0) is 0 Å². The van der Waals surface area contributed by atoms with E-state index < -0.39 is 21.7 Å². The molecule has 1 unspecified atom stereocenters. The molecule has 3 rings (SSSR count). The maximum absolute atomic E-state index is 10.8. The molecule has 0 saturated carbocycles. The summed E-state index contributed by atoms with van der Waals surface area (Å²) in [5.41, 5.74) is 0. The fraction of sp³-hybridized carbons (Fsp3) is 0.357. The minimum atomic E-state index is -0.793. The Kier molecular flexibility index (Phi) is 5.40. The summed E-state index contributed by atoms with van der Waals surface area (Å²) in [7, 11) is 0. The summed E-state index contributed by atoms with van der Waals surface area (Å²) in [6.07, 6.45) is 3.17. The fourth-order valence-electron chi connectivity index (χ4n) is 2.41. The van der Waals surface area contributed by atoms with Gasteiger partial charge < -0.3 is 0 Å². The third kappa shape index (κ3) is 4.29. The predicted molar refractivity (Wildman–Crippen MR) is 91.6 cm³/mol. The van der Waals surface area contributed by atoms with Gasteiger partial charge in [0.2, 0.25) is 0 Å². The van der Waals surface area contributed by atoms with E-state index in [4.69, 9.17) is 10.4 Å². The Balaban J connectivity index is 1.63. The molecule has 0 radical (unpaired) electrons. The summed E-state index contributed by atoms with van der Waals surface area (Å²) in [4.78, 5) is 28.4. The molecular formula is C14H15AsN6O2S. The van der Waals surface area contributed by atoms with Crippen molar-refractivity contribution in [3.63, 3.8) is 0 Å². The van der Waals surface area contributed by atoms with E-state index in [2.05, 4.69) is 25.9 Å². The first kappa shape index (κ1) is 16.8. The van der Waals surface area contributed by atoms with Gasteiger partial charge in [0.25, 0.3) is 0 Å². The number of hydrogen-bond acceptors (Lipinski definition) is 8. The zero-order valence-corrected chi connectivity index (χ0v) is 15.6. The van der Waals surface area contributed by atoms with Crippen molar-refractivity contribution >= 4 is 47.2 Å². The number of piperazine rings is 1. The molecule has 1 atom stereocenters. The topological polar surface area (TPSA) is 106 Å². The molecule has 10 heteroatoms. The quantitative estimate of drug-likeness (QED) is 0.592. The molecule has 1 N–H and O–H groups in total. The average Bonchev–Trinajstić information content (AvgIpc) is 3.03. The molecule has 0 aromatic carbocycles. The van der Waals surface area contributed by atoms with Gasteiger partial charge in [-0.3, -0.25) is 0 Å². The van der Waals surface area contributed by atoms with Crippen LogP contribution in [-0.4, -0.2) is 79.4 Å². The van der Waals surface area contributed by atoms with E-state index in [1.807, 2.05) is 11.0 Å². The molecule has 1 aliphatic rings. The van der Waals surface area contributed by atoms with Crippen LogP contribution in [0.2, 0.25) is 0 Å². The first-order valence-corrected chi connectivity index (χ1v) is 10.2. The molecule has 2 aromatic heterocycles. The summed E-state index contributed by atoms with van der Waals surface area (Å²) in [5, 5.41) is 17.7. The van der Waals surface area contributed by atoms with Crippen LogP contribution < -0.4 is 13.2 Å². The van der Waals surface area contributed by atoms with Gasteiger partial charge in [0, 0.05) is 0 Å². The number of rotatable bonds is 5. The monoisotopic (exact) mass is 406 g/mol. The Morgan fingerprint density at radius 2 is 2.12 bits per heavy atom. The van der Waals surface area contributed by atoms with Crippen LogP contribution in [0.4, 0.5) is 5.82 Å². The first-order valence-electron chi connectivity index (χ1n) is 7.28. The Morgan fingerprint density at radius 3 is 2.79 bits per heavy atom. The van der Waals surface area contributed by atoms with Gasteiger partial charge in [-0.2, -0.15) is 0 Å². The van der Waals surface area contributed by atoms with Crippen molar-refractivity contribution in [2.24, 2.45) is 0 Å². The molecule has 1 fully saturated rings. The summed E-state index contributed by atoms with van der Waals surface area (Å²) in [6.45, 7) is 3.00. The number of nitrogens with zero attached hydrogens (tertiary/aromatic N) is 6. The zero-order valence-electron chi connectivity index (χ0n) is 12.7. The molecule has 0 spiro atoms. The summed E-state index contributed by atoms with van der Waals surface area (Å²) >= 11 is 0.746. The van der Waals surface area contributed by atoms with Crippen LogP contribution in [0.5, 0.6) is 0 Å². The third-order valence-corrected chi connectivity index (χ3v) is 7.28. The van der Waals surface area contributed by atoms with E-state index in [9.17, 15) is 4.79 Å². The second kappa shape index (κ2) is 7.71. The number of carboxylic acids is 1. The van der Waals surface area contributed by atoms with E-state index in [0.29, 0.717) is 18.0 Å². The van der Waals surface area contributed by atoms with Crippen LogP contribution in [0.25, 0.3) is 0 Å². The van der Waals surface area contributed by atoms with Crippen molar-refractivity contribution in [2.75, 3.05) is 37.6 Å². The Morgan fingerprint density at radius 1 is 1.33 bits per heavy atom. The van der Waals surface area contributed by atoms with Gasteiger partial charge in [-0.1, -0.05) is 0 Å². The maximum atomic E-state index is 10.8. The SMILES string of the molecule is N#Cc1cnc([AsH]c2cc(N3CCN(CC(=O)O)CC3)ncn2)s1. The van der Waals surface area contributed by atoms with E-state index in [1.165, 1.54) is 11.3 Å². The second-order valence-electron chi connectivity index (χ2n) is 5.18. The van der Waals surface area contributed by atoms with E-state index in [-0.39, 0.29) is 6.54 Å². The van der Waals surface area contributed by atoms with E-state index >= 15 is 0 Å². The molecule has 2 aromatic rings. The van der Waals surface area contributed by atoms with E-state index in [1.54, 1.807) is 12.5 Å². The molecule has 124 valence electrons.